The molecule has 4 aromatic carbocycles. The molecule has 0 fully saturated rings. The number of benzene rings is 4. The van der Waals surface area contributed by atoms with E-state index in [-0.39, 0.29) is 29.1 Å². The van der Waals surface area contributed by atoms with Crippen molar-refractivity contribution in [2.75, 3.05) is 7.11 Å². The second-order valence-electron chi connectivity index (χ2n) is 7.02. The summed E-state index contributed by atoms with van der Waals surface area (Å²) in [7, 11) is 1.43. The Morgan fingerprint density at radius 1 is 0.710 bits per heavy atom. The fourth-order valence-corrected chi connectivity index (χ4v) is 3.36. The normalized spacial score (nSPS) is 10.7. The predicted molar refractivity (Wildman–Crippen MR) is 112 cm³/mol. The molecule has 4 aromatic rings. The van der Waals surface area contributed by atoms with Gasteiger partial charge in [0.25, 0.3) is 0 Å². The van der Waals surface area contributed by atoms with Crippen LogP contribution in [0, 0.1) is 35.1 Å². The highest BCUT2D eigenvalue weighted by Gasteiger charge is 2.15. The third-order valence-electron chi connectivity index (χ3n) is 4.81. The van der Waals surface area contributed by atoms with Gasteiger partial charge in [0.2, 0.25) is 0 Å². The van der Waals surface area contributed by atoms with Crippen LogP contribution in [0.25, 0.3) is 21.9 Å². The summed E-state index contributed by atoms with van der Waals surface area (Å²) in [6.07, 6.45) is 0. The van der Waals surface area contributed by atoms with E-state index >= 15 is 0 Å². The summed E-state index contributed by atoms with van der Waals surface area (Å²) in [6.45, 7) is 0.0702. The van der Waals surface area contributed by atoms with Crippen LogP contribution in [0.3, 0.4) is 0 Å². The quantitative estimate of drug-likeness (QED) is 0.268. The van der Waals surface area contributed by atoms with E-state index in [1.807, 2.05) is 0 Å². The molecule has 0 aliphatic carbocycles. The van der Waals surface area contributed by atoms with Gasteiger partial charge in [-0.2, -0.15) is 0 Å². The number of ether oxygens (including phenoxy) is 1. The van der Waals surface area contributed by atoms with E-state index in [0.29, 0.717) is 11.1 Å². The van der Waals surface area contributed by atoms with Gasteiger partial charge >= 0.3 is 0 Å². The van der Waals surface area contributed by atoms with Crippen molar-refractivity contribution in [2.24, 2.45) is 0 Å². The minimum Gasteiger partial charge on any atom is -0.380 e. The van der Waals surface area contributed by atoms with Crippen LogP contribution < -0.4 is 0 Å². The van der Waals surface area contributed by atoms with Gasteiger partial charge in [0.15, 0.2) is 0 Å². The molecule has 31 heavy (non-hydrogen) atoms. The molecule has 0 bridgehead atoms. The fraction of sp³-hybridized carbons (Fsp3) is 0.0769. The molecule has 0 radical (unpaired) electrons. The molecule has 0 aromatic heterocycles. The van der Waals surface area contributed by atoms with Gasteiger partial charge in [0, 0.05) is 12.7 Å². The van der Waals surface area contributed by atoms with Crippen LogP contribution in [0.4, 0.5) is 17.6 Å². The molecule has 0 amide bonds. The predicted octanol–water partition coefficient (Wildman–Crippen LogP) is 6.61. The Bertz CT molecular complexity index is 1330. The van der Waals surface area contributed by atoms with Crippen molar-refractivity contribution in [1.82, 2.24) is 0 Å². The second-order valence-corrected chi connectivity index (χ2v) is 7.02. The van der Waals surface area contributed by atoms with Crippen LogP contribution in [0.15, 0.2) is 66.7 Å². The molecule has 0 aliphatic rings. The fourth-order valence-electron chi connectivity index (χ4n) is 3.36. The molecule has 4 rings (SSSR count). The minimum atomic E-state index is -0.794. The van der Waals surface area contributed by atoms with Crippen LogP contribution in [0.5, 0.6) is 0 Å². The zero-order chi connectivity index (χ0) is 22.0. The summed E-state index contributed by atoms with van der Waals surface area (Å²) >= 11 is 0. The van der Waals surface area contributed by atoms with E-state index in [4.69, 9.17) is 4.74 Å². The monoisotopic (exact) mass is 420 g/mol. The third kappa shape index (κ3) is 4.45. The molecule has 5 heteroatoms. The van der Waals surface area contributed by atoms with Crippen molar-refractivity contribution in [1.29, 1.82) is 0 Å². The van der Waals surface area contributed by atoms with Crippen LogP contribution in [-0.2, 0) is 11.3 Å². The Morgan fingerprint density at radius 3 is 2.13 bits per heavy atom. The Morgan fingerprint density at radius 2 is 1.42 bits per heavy atom. The van der Waals surface area contributed by atoms with E-state index in [9.17, 15) is 17.6 Å². The molecule has 0 N–H and O–H groups in total. The summed E-state index contributed by atoms with van der Waals surface area (Å²) in [5, 5.41) is 1.55. The Labute approximate surface area is 176 Å². The summed E-state index contributed by atoms with van der Waals surface area (Å²) < 4.78 is 61.6. The maximum atomic E-state index is 14.6. The summed E-state index contributed by atoms with van der Waals surface area (Å²) in [5.41, 5.74) is 0.852. The van der Waals surface area contributed by atoms with Crippen molar-refractivity contribution in [2.45, 2.75) is 6.61 Å². The van der Waals surface area contributed by atoms with E-state index < -0.39 is 17.5 Å². The molecule has 154 valence electrons. The Kier molecular flexibility index (Phi) is 5.75. The van der Waals surface area contributed by atoms with Gasteiger partial charge in [-0.05, 0) is 70.4 Å². The number of halogens is 4. The first-order chi connectivity index (χ1) is 14.9. The van der Waals surface area contributed by atoms with Gasteiger partial charge in [-0.15, -0.1) is 0 Å². The van der Waals surface area contributed by atoms with Crippen LogP contribution >= 0.6 is 0 Å². The van der Waals surface area contributed by atoms with Crippen LogP contribution in [-0.4, -0.2) is 7.11 Å². The highest BCUT2D eigenvalue weighted by Crippen LogP contribution is 2.29. The van der Waals surface area contributed by atoms with Gasteiger partial charge in [-0.25, -0.2) is 17.6 Å². The average Bonchev–Trinajstić information content (AvgIpc) is 2.73. The smallest absolute Gasteiger partial charge is 0.139 e. The van der Waals surface area contributed by atoms with Crippen molar-refractivity contribution < 1.29 is 22.3 Å². The lowest BCUT2D eigenvalue weighted by Crippen LogP contribution is -1.97. The van der Waals surface area contributed by atoms with Crippen molar-refractivity contribution in [3.63, 3.8) is 0 Å². The van der Waals surface area contributed by atoms with Gasteiger partial charge in [-0.3, -0.25) is 0 Å². The van der Waals surface area contributed by atoms with Crippen LogP contribution in [0.2, 0.25) is 0 Å². The molecule has 0 atom stereocenters. The molecule has 1 nitrogen and oxygen atoms in total. The molecule has 0 aliphatic heterocycles. The second kappa shape index (κ2) is 8.63. The minimum absolute atomic E-state index is 0.0702. The molecule has 0 heterocycles. The van der Waals surface area contributed by atoms with Gasteiger partial charge in [0.1, 0.15) is 23.3 Å². The number of fused-ring (bicyclic) bond motifs is 1. The highest BCUT2D eigenvalue weighted by atomic mass is 19.1. The van der Waals surface area contributed by atoms with Crippen molar-refractivity contribution in [3.8, 4) is 23.0 Å². The van der Waals surface area contributed by atoms with E-state index in [1.54, 1.807) is 24.3 Å². The first kappa shape index (κ1) is 20.6. The number of methoxy groups -OCH3 is 1. The van der Waals surface area contributed by atoms with E-state index in [2.05, 4.69) is 11.8 Å². The number of hydrogen-bond donors (Lipinski definition) is 0. The third-order valence-corrected chi connectivity index (χ3v) is 4.81. The van der Waals surface area contributed by atoms with Crippen molar-refractivity contribution >= 4 is 10.8 Å². The van der Waals surface area contributed by atoms with Gasteiger partial charge in [0.05, 0.1) is 17.7 Å². The maximum absolute atomic E-state index is 14.6. The van der Waals surface area contributed by atoms with Gasteiger partial charge < -0.3 is 4.74 Å². The lowest BCUT2D eigenvalue weighted by Gasteiger charge is -2.09. The SMILES string of the molecule is COCc1cc(F)c(-c2ccc(C#Cc3ccc4cc(F)ccc4c3)c(F)c2)c(F)c1. The topological polar surface area (TPSA) is 9.23 Å². The zero-order valence-corrected chi connectivity index (χ0v) is 16.5. The summed E-state index contributed by atoms with van der Waals surface area (Å²) in [5.74, 6) is 3.00. The Balaban J connectivity index is 1.64. The summed E-state index contributed by atoms with van der Waals surface area (Å²) in [6, 6.07) is 15.9. The van der Waals surface area contributed by atoms with Crippen LogP contribution in [0.1, 0.15) is 16.7 Å². The molecule has 0 unspecified atom stereocenters. The molecule has 0 saturated carbocycles. The molecule has 0 saturated heterocycles. The Hall–Kier alpha value is -3.62. The average molecular weight is 420 g/mol. The largest absolute Gasteiger partial charge is 0.380 e. The van der Waals surface area contributed by atoms with Gasteiger partial charge in [-0.1, -0.05) is 30.0 Å². The lowest BCUT2D eigenvalue weighted by molar-refractivity contribution is 0.184. The number of rotatable bonds is 3. The summed E-state index contributed by atoms with van der Waals surface area (Å²) in [4.78, 5) is 0. The van der Waals surface area contributed by atoms with Crippen molar-refractivity contribution in [3.05, 3.63) is 107 Å². The maximum Gasteiger partial charge on any atom is 0.139 e. The first-order valence-electron chi connectivity index (χ1n) is 9.43. The zero-order valence-electron chi connectivity index (χ0n) is 16.5. The first-order valence-corrected chi connectivity index (χ1v) is 9.43. The molecular weight excluding hydrogens is 404 g/mol. The lowest BCUT2D eigenvalue weighted by atomic mass is 10.0. The van der Waals surface area contributed by atoms with E-state index in [1.165, 1.54) is 43.5 Å². The molecule has 0 spiro atoms. The highest BCUT2D eigenvalue weighted by molar-refractivity contribution is 5.84. The molecular formula is C26H16F4O. The van der Waals surface area contributed by atoms with E-state index in [0.717, 1.165) is 16.8 Å². The standard InChI is InChI=1S/C26H16F4O/c1-31-15-17-11-24(29)26(25(30)12-17)21-7-6-18(23(28)14-21)4-2-16-3-5-20-13-22(27)9-8-19(20)10-16/h3,5-14H,15H2,1H3. The number of hydrogen-bond acceptors (Lipinski definition) is 1.